The molecule has 3 amide bonds. The van der Waals surface area contributed by atoms with Crippen LogP contribution in [0.3, 0.4) is 0 Å². The minimum atomic E-state index is -0.601. The van der Waals surface area contributed by atoms with Crippen LogP contribution in [0.1, 0.15) is 28.9 Å². The third kappa shape index (κ3) is 5.67. The minimum Gasteiger partial charge on any atom is -0.364 e. The number of nitrogens with zero attached hydrogens (tertiary/aromatic N) is 2. The zero-order valence-corrected chi connectivity index (χ0v) is 15.6. The number of pyridine rings is 1. The summed E-state index contributed by atoms with van der Waals surface area (Å²) < 4.78 is 0. The molecule has 27 heavy (non-hydrogen) atoms. The van der Waals surface area contributed by atoms with Gasteiger partial charge in [-0.15, -0.1) is 0 Å². The van der Waals surface area contributed by atoms with E-state index in [9.17, 15) is 9.59 Å². The second-order valence-electron chi connectivity index (χ2n) is 6.57. The van der Waals surface area contributed by atoms with Gasteiger partial charge in [0.2, 0.25) is 0 Å². The summed E-state index contributed by atoms with van der Waals surface area (Å²) in [5, 5.41) is 6.45. The first-order valence-corrected chi connectivity index (χ1v) is 9.17. The van der Waals surface area contributed by atoms with Crippen molar-refractivity contribution >= 4 is 29.2 Å². The Bertz CT molecular complexity index is 787. The number of urea groups is 1. The van der Waals surface area contributed by atoms with Crippen LogP contribution in [-0.2, 0) is 6.54 Å². The van der Waals surface area contributed by atoms with E-state index in [0.717, 1.165) is 37.5 Å². The first kappa shape index (κ1) is 19.1. The average molecular weight is 388 g/mol. The lowest BCUT2D eigenvalue weighted by Crippen LogP contribution is -2.45. The molecule has 1 aromatic heterocycles. The maximum Gasteiger partial charge on any atom is 0.319 e. The SMILES string of the molecule is NC(=O)c1ccc(NC(=O)NC2CCN(Cc3ccc(Cl)cc3)CC2)cn1. The van der Waals surface area contributed by atoms with Crippen LogP contribution >= 0.6 is 11.6 Å². The lowest BCUT2D eigenvalue weighted by Gasteiger charge is -2.32. The highest BCUT2D eigenvalue weighted by Gasteiger charge is 2.20. The van der Waals surface area contributed by atoms with Crippen LogP contribution in [0, 0.1) is 0 Å². The van der Waals surface area contributed by atoms with E-state index in [-0.39, 0.29) is 17.8 Å². The third-order valence-corrected chi connectivity index (χ3v) is 4.77. The number of amides is 3. The number of nitrogens with two attached hydrogens (primary N) is 1. The van der Waals surface area contributed by atoms with E-state index < -0.39 is 5.91 Å². The highest BCUT2D eigenvalue weighted by Crippen LogP contribution is 2.16. The Morgan fingerprint density at radius 3 is 2.44 bits per heavy atom. The number of rotatable bonds is 5. The summed E-state index contributed by atoms with van der Waals surface area (Å²) in [4.78, 5) is 29.4. The van der Waals surface area contributed by atoms with E-state index in [1.807, 2.05) is 24.3 Å². The van der Waals surface area contributed by atoms with Crippen molar-refractivity contribution in [3.05, 3.63) is 58.9 Å². The number of piperidine rings is 1. The van der Waals surface area contributed by atoms with Crippen molar-refractivity contribution in [2.24, 2.45) is 5.73 Å². The van der Waals surface area contributed by atoms with Crippen LogP contribution in [0.15, 0.2) is 42.6 Å². The molecule has 142 valence electrons. The van der Waals surface area contributed by atoms with Crippen LogP contribution in [0.4, 0.5) is 10.5 Å². The Morgan fingerprint density at radius 2 is 1.85 bits per heavy atom. The van der Waals surface area contributed by atoms with Crippen molar-refractivity contribution in [2.45, 2.75) is 25.4 Å². The van der Waals surface area contributed by atoms with Gasteiger partial charge in [0, 0.05) is 30.7 Å². The van der Waals surface area contributed by atoms with Crippen molar-refractivity contribution < 1.29 is 9.59 Å². The summed E-state index contributed by atoms with van der Waals surface area (Å²) in [5.74, 6) is -0.601. The normalized spacial score (nSPS) is 15.3. The van der Waals surface area contributed by atoms with Crippen LogP contribution in [0.5, 0.6) is 0 Å². The highest BCUT2D eigenvalue weighted by molar-refractivity contribution is 6.30. The Labute approximate surface area is 162 Å². The first-order chi connectivity index (χ1) is 13.0. The van der Waals surface area contributed by atoms with E-state index >= 15 is 0 Å². The monoisotopic (exact) mass is 387 g/mol. The Kier molecular flexibility index (Phi) is 6.26. The summed E-state index contributed by atoms with van der Waals surface area (Å²) in [6, 6.07) is 10.8. The van der Waals surface area contributed by atoms with Gasteiger partial charge < -0.3 is 16.4 Å². The van der Waals surface area contributed by atoms with Gasteiger partial charge in [0.15, 0.2) is 0 Å². The van der Waals surface area contributed by atoms with Gasteiger partial charge in [0.1, 0.15) is 5.69 Å². The molecule has 2 aromatic rings. The van der Waals surface area contributed by atoms with Crippen LogP contribution < -0.4 is 16.4 Å². The predicted molar refractivity (Wildman–Crippen MR) is 105 cm³/mol. The lowest BCUT2D eigenvalue weighted by atomic mass is 10.0. The Morgan fingerprint density at radius 1 is 1.15 bits per heavy atom. The fourth-order valence-electron chi connectivity index (χ4n) is 3.05. The first-order valence-electron chi connectivity index (χ1n) is 8.80. The summed E-state index contributed by atoms with van der Waals surface area (Å²) in [6.07, 6.45) is 3.19. The quantitative estimate of drug-likeness (QED) is 0.734. The fourth-order valence-corrected chi connectivity index (χ4v) is 3.18. The third-order valence-electron chi connectivity index (χ3n) is 4.52. The molecule has 1 aliphatic heterocycles. The number of halogens is 1. The summed E-state index contributed by atoms with van der Waals surface area (Å²) >= 11 is 5.92. The molecule has 1 saturated heterocycles. The maximum absolute atomic E-state index is 12.1. The molecule has 0 atom stereocenters. The van der Waals surface area contributed by atoms with Crippen molar-refractivity contribution in [3.8, 4) is 0 Å². The zero-order chi connectivity index (χ0) is 19.2. The van der Waals surface area contributed by atoms with Gasteiger partial charge in [-0.05, 0) is 42.7 Å². The zero-order valence-electron chi connectivity index (χ0n) is 14.8. The molecule has 0 saturated carbocycles. The van der Waals surface area contributed by atoms with Crippen LogP contribution in [-0.4, -0.2) is 41.0 Å². The van der Waals surface area contributed by atoms with E-state index in [1.165, 1.54) is 17.8 Å². The summed E-state index contributed by atoms with van der Waals surface area (Å²) in [7, 11) is 0. The topological polar surface area (TPSA) is 100 Å². The second kappa shape index (κ2) is 8.83. The van der Waals surface area contributed by atoms with Crippen molar-refractivity contribution in [1.82, 2.24) is 15.2 Å². The van der Waals surface area contributed by atoms with Crippen molar-refractivity contribution in [1.29, 1.82) is 0 Å². The van der Waals surface area contributed by atoms with Gasteiger partial charge in [-0.2, -0.15) is 0 Å². The molecule has 4 N–H and O–H groups in total. The standard InChI is InChI=1S/C19H22ClN5O2/c20-14-3-1-13(2-4-14)12-25-9-7-15(8-10-25)23-19(27)24-16-5-6-17(18(21)26)22-11-16/h1-6,11,15H,7-10,12H2,(H2,21,26)(H2,23,24,27). The van der Waals surface area contributed by atoms with E-state index in [4.69, 9.17) is 17.3 Å². The molecule has 0 spiro atoms. The Hall–Kier alpha value is -2.64. The fraction of sp³-hybridized carbons (Fsp3) is 0.316. The summed E-state index contributed by atoms with van der Waals surface area (Å²) in [5.41, 5.74) is 7.05. The molecule has 1 fully saturated rings. The predicted octanol–water partition coefficient (Wildman–Crippen LogP) is 2.62. The minimum absolute atomic E-state index is 0.129. The Balaban J connectivity index is 1.42. The summed E-state index contributed by atoms with van der Waals surface area (Å²) in [6.45, 7) is 2.72. The maximum atomic E-state index is 12.1. The molecule has 1 aliphatic rings. The molecule has 8 heteroatoms. The average Bonchev–Trinajstić information content (AvgIpc) is 2.65. The molecule has 3 rings (SSSR count). The van der Waals surface area contributed by atoms with Gasteiger partial charge in [-0.25, -0.2) is 9.78 Å². The number of likely N-dealkylation sites (tertiary alicyclic amines) is 1. The number of hydrogen-bond donors (Lipinski definition) is 3. The number of carbonyl (C=O) groups excluding carboxylic acids is 2. The van der Waals surface area contributed by atoms with E-state index in [0.29, 0.717) is 5.69 Å². The molecule has 0 bridgehead atoms. The van der Waals surface area contributed by atoms with Crippen molar-refractivity contribution in [3.63, 3.8) is 0 Å². The van der Waals surface area contributed by atoms with Gasteiger partial charge in [-0.3, -0.25) is 9.69 Å². The molecule has 0 aliphatic carbocycles. The largest absolute Gasteiger partial charge is 0.364 e. The van der Waals surface area contributed by atoms with Gasteiger partial charge in [-0.1, -0.05) is 23.7 Å². The molecule has 2 heterocycles. The molecule has 7 nitrogen and oxygen atoms in total. The number of nitrogens with one attached hydrogen (secondary N) is 2. The van der Waals surface area contributed by atoms with Gasteiger partial charge in [0.05, 0.1) is 11.9 Å². The van der Waals surface area contributed by atoms with E-state index in [2.05, 4.69) is 20.5 Å². The number of primary amides is 1. The lowest BCUT2D eigenvalue weighted by molar-refractivity contribution is 0.0995. The molecular formula is C19H22ClN5O2. The van der Waals surface area contributed by atoms with Gasteiger partial charge in [0.25, 0.3) is 5.91 Å². The smallest absolute Gasteiger partial charge is 0.319 e. The van der Waals surface area contributed by atoms with Crippen molar-refractivity contribution in [2.75, 3.05) is 18.4 Å². The number of carbonyl (C=O) groups is 2. The van der Waals surface area contributed by atoms with Crippen LogP contribution in [0.25, 0.3) is 0 Å². The number of hydrogen-bond acceptors (Lipinski definition) is 4. The number of aromatic nitrogens is 1. The van der Waals surface area contributed by atoms with E-state index in [1.54, 1.807) is 6.07 Å². The highest BCUT2D eigenvalue weighted by atomic mass is 35.5. The van der Waals surface area contributed by atoms with Crippen LogP contribution in [0.2, 0.25) is 5.02 Å². The van der Waals surface area contributed by atoms with Gasteiger partial charge >= 0.3 is 6.03 Å². The second-order valence-corrected chi connectivity index (χ2v) is 7.01. The number of benzene rings is 1. The number of anilines is 1. The molecule has 1 aromatic carbocycles. The molecule has 0 unspecified atom stereocenters. The molecular weight excluding hydrogens is 366 g/mol. The molecule has 0 radical (unpaired) electrons.